The van der Waals surface area contributed by atoms with Gasteiger partial charge in [0, 0.05) is 25.7 Å². The molecule has 16 heavy (non-hydrogen) atoms. The van der Waals surface area contributed by atoms with Gasteiger partial charge in [0.2, 0.25) is 5.91 Å². The molecular weight excluding hydrogens is 207 g/mol. The van der Waals surface area contributed by atoms with E-state index in [0.29, 0.717) is 11.4 Å². The zero-order valence-electron chi connectivity index (χ0n) is 9.29. The van der Waals surface area contributed by atoms with Gasteiger partial charge in [-0.1, -0.05) is 0 Å². The highest BCUT2D eigenvalue weighted by molar-refractivity contribution is 5.88. The molecule has 0 saturated carbocycles. The van der Waals surface area contributed by atoms with Crippen molar-refractivity contribution in [3.63, 3.8) is 0 Å². The summed E-state index contributed by atoms with van der Waals surface area (Å²) in [5.41, 5.74) is 1.14. The van der Waals surface area contributed by atoms with Crippen LogP contribution < -0.4 is 10.2 Å². The Hall–Kier alpha value is -1.58. The lowest BCUT2D eigenvalue weighted by Gasteiger charge is -2.18. The summed E-state index contributed by atoms with van der Waals surface area (Å²) in [6, 6.07) is 4.83. The topological polar surface area (TPSA) is 32.3 Å². The van der Waals surface area contributed by atoms with Gasteiger partial charge in [-0.25, -0.2) is 4.39 Å². The third-order valence-corrected chi connectivity index (χ3v) is 2.71. The first-order valence-corrected chi connectivity index (χ1v) is 5.49. The van der Waals surface area contributed by atoms with Gasteiger partial charge in [-0.15, -0.1) is 0 Å². The number of halogens is 1. The van der Waals surface area contributed by atoms with Crippen molar-refractivity contribution in [3.8, 4) is 0 Å². The number of carbonyl (C=O) groups excluding carboxylic acids is 1. The van der Waals surface area contributed by atoms with Crippen molar-refractivity contribution in [2.45, 2.75) is 19.8 Å². The molecular formula is C12H15FN2O. The van der Waals surface area contributed by atoms with E-state index in [0.717, 1.165) is 25.9 Å². The van der Waals surface area contributed by atoms with E-state index in [1.54, 1.807) is 12.1 Å². The monoisotopic (exact) mass is 222 g/mol. The molecule has 1 aliphatic rings. The number of anilines is 2. The second kappa shape index (κ2) is 4.51. The summed E-state index contributed by atoms with van der Waals surface area (Å²) in [4.78, 5) is 12.9. The van der Waals surface area contributed by atoms with Crippen LogP contribution in [-0.4, -0.2) is 19.0 Å². The van der Waals surface area contributed by atoms with E-state index in [2.05, 4.69) is 5.32 Å². The number of benzene rings is 1. The van der Waals surface area contributed by atoms with Crippen LogP contribution in [-0.2, 0) is 4.79 Å². The lowest BCUT2D eigenvalue weighted by molar-refractivity contribution is -0.114. The second-order valence-corrected chi connectivity index (χ2v) is 4.04. The first-order chi connectivity index (χ1) is 7.66. The number of nitrogens with zero attached hydrogens (tertiary/aromatic N) is 1. The SMILES string of the molecule is CC(=O)Nc1ccc(N2CCCC2)c(F)c1. The summed E-state index contributed by atoms with van der Waals surface area (Å²) in [5, 5.41) is 2.57. The number of nitrogens with one attached hydrogen (secondary N) is 1. The maximum Gasteiger partial charge on any atom is 0.221 e. The van der Waals surface area contributed by atoms with Crippen LogP contribution in [0.2, 0.25) is 0 Å². The molecule has 1 heterocycles. The fraction of sp³-hybridized carbons (Fsp3) is 0.417. The summed E-state index contributed by atoms with van der Waals surface area (Å²) in [6.45, 7) is 3.24. The minimum Gasteiger partial charge on any atom is -0.369 e. The van der Waals surface area contributed by atoms with Crippen molar-refractivity contribution in [1.82, 2.24) is 0 Å². The molecule has 0 unspecified atom stereocenters. The van der Waals surface area contributed by atoms with Crippen LogP contribution in [0.1, 0.15) is 19.8 Å². The van der Waals surface area contributed by atoms with Crippen LogP contribution in [0.3, 0.4) is 0 Å². The first-order valence-electron chi connectivity index (χ1n) is 5.49. The predicted molar refractivity (Wildman–Crippen MR) is 62.2 cm³/mol. The Morgan fingerprint density at radius 3 is 2.62 bits per heavy atom. The molecule has 4 heteroatoms. The molecule has 2 rings (SSSR count). The molecule has 1 amide bonds. The third kappa shape index (κ3) is 2.32. The molecule has 0 aliphatic carbocycles. The van der Waals surface area contributed by atoms with E-state index in [-0.39, 0.29) is 11.7 Å². The number of amides is 1. The van der Waals surface area contributed by atoms with Crippen molar-refractivity contribution >= 4 is 17.3 Å². The molecule has 1 aromatic carbocycles. The average Bonchev–Trinajstić information content (AvgIpc) is 2.69. The van der Waals surface area contributed by atoms with Crippen LogP contribution in [0.4, 0.5) is 15.8 Å². The Labute approximate surface area is 94.3 Å². The van der Waals surface area contributed by atoms with Crippen LogP contribution >= 0.6 is 0 Å². The molecule has 3 nitrogen and oxygen atoms in total. The number of hydrogen-bond acceptors (Lipinski definition) is 2. The summed E-state index contributed by atoms with van der Waals surface area (Å²) in [6.07, 6.45) is 2.24. The summed E-state index contributed by atoms with van der Waals surface area (Å²) in [7, 11) is 0. The maximum atomic E-state index is 13.8. The molecule has 0 spiro atoms. The Kier molecular flexibility index (Phi) is 3.08. The van der Waals surface area contributed by atoms with Crippen LogP contribution in [0.15, 0.2) is 18.2 Å². The van der Waals surface area contributed by atoms with Gasteiger partial charge in [0.1, 0.15) is 5.82 Å². The van der Waals surface area contributed by atoms with Crippen molar-refractivity contribution < 1.29 is 9.18 Å². The Morgan fingerprint density at radius 2 is 2.06 bits per heavy atom. The normalized spacial score (nSPS) is 15.2. The summed E-state index contributed by atoms with van der Waals surface area (Å²) >= 11 is 0. The maximum absolute atomic E-state index is 13.8. The molecule has 1 saturated heterocycles. The van der Waals surface area contributed by atoms with Gasteiger partial charge in [0.05, 0.1) is 5.69 Å². The highest BCUT2D eigenvalue weighted by atomic mass is 19.1. The number of carbonyl (C=O) groups is 1. The quantitative estimate of drug-likeness (QED) is 0.833. The first kappa shape index (κ1) is 10.9. The highest BCUT2D eigenvalue weighted by Gasteiger charge is 2.16. The van der Waals surface area contributed by atoms with Crippen molar-refractivity contribution in [2.24, 2.45) is 0 Å². The van der Waals surface area contributed by atoms with E-state index in [9.17, 15) is 9.18 Å². The van der Waals surface area contributed by atoms with Crippen molar-refractivity contribution in [3.05, 3.63) is 24.0 Å². The molecule has 86 valence electrons. The van der Waals surface area contributed by atoms with E-state index >= 15 is 0 Å². The van der Waals surface area contributed by atoms with Gasteiger partial charge in [-0.2, -0.15) is 0 Å². The van der Waals surface area contributed by atoms with E-state index in [4.69, 9.17) is 0 Å². The largest absolute Gasteiger partial charge is 0.369 e. The van der Waals surface area contributed by atoms with Crippen LogP contribution in [0.5, 0.6) is 0 Å². The lowest BCUT2D eigenvalue weighted by Crippen LogP contribution is -2.19. The Morgan fingerprint density at radius 1 is 1.38 bits per heavy atom. The smallest absolute Gasteiger partial charge is 0.221 e. The summed E-state index contributed by atoms with van der Waals surface area (Å²) in [5.74, 6) is -0.457. The standard InChI is InChI=1S/C12H15FN2O/c1-9(16)14-10-4-5-12(11(13)8-10)15-6-2-3-7-15/h4-5,8H,2-3,6-7H2,1H3,(H,14,16). The van der Waals surface area contributed by atoms with Gasteiger partial charge < -0.3 is 10.2 Å². The van der Waals surface area contributed by atoms with Gasteiger partial charge in [-0.05, 0) is 31.0 Å². The average molecular weight is 222 g/mol. The second-order valence-electron chi connectivity index (χ2n) is 4.04. The molecule has 1 aliphatic heterocycles. The summed E-state index contributed by atoms with van der Waals surface area (Å²) < 4.78 is 13.8. The molecule has 0 radical (unpaired) electrons. The molecule has 0 bridgehead atoms. The zero-order chi connectivity index (χ0) is 11.5. The van der Waals surface area contributed by atoms with Crippen LogP contribution in [0, 0.1) is 5.82 Å². The van der Waals surface area contributed by atoms with Gasteiger partial charge in [-0.3, -0.25) is 4.79 Å². The number of hydrogen-bond donors (Lipinski definition) is 1. The van der Waals surface area contributed by atoms with Gasteiger partial charge in [0.15, 0.2) is 0 Å². The van der Waals surface area contributed by atoms with Crippen molar-refractivity contribution in [1.29, 1.82) is 0 Å². The predicted octanol–water partition coefficient (Wildman–Crippen LogP) is 2.38. The fourth-order valence-electron chi connectivity index (χ4n) is 2.00. The molecule has 1 aromatic rings. The molecule has 1 fully saturated rings. The third-order valence-electron chi connectivity index (χ3n) is 2.71. The molecule has 1 N–H and O–H groups in total. The van der Waals surface area contributed by atoms with E-state index in [1.165, 1.54) is 13.0 Å². The minimum absolute atomic E-state index is 0.187. The van der Waals surface area contributed by atoms with Crippen molar-refractivity contribution in [2.75, 3.05) is 23.3 Å². The molecule has 0 atom stereocenters. The molecule has 0 aromatic heterocycles. The van der Waals surface area contributed by atoms with E-state index < -0.39 is 0 Å². The van der Waals surface area contributed by atoms with Crippen LogP contribution in [0.25, 0.3) is 0 Å². The Bertz CT molecular complexity index is 400. The lowest BCUT2D eigenvalue weighted by atomic mass is 10.2. The van der Waals surface area contributed by atoms with Gasteiger partial charge >= 0.3 is 0 Å². The highest BCUT2D eigenvalue weighted by Crippen LogP contribution is 2.25. The fourth-order valence-corrected chi connectivity index (χ4v) is 2.00. The number of rotatable bonds is 2. The minimum atomic E-state index is -0.270. The zero-order valence-corrected chi connectivity index (χ0v) is 9.29. The van der Waals surface area contributed by atoms with E-state index in [1.807, 2.05) is 4.90 Å². The Balaban J connectivity index is 2.18. The van der Waals surface area contributed by atoms with Gasteiger partial charge in [0.25, 0.3) is 0 Å².